The van der Waals surface area contributed by atoms with E-state index in [0.717, 1.165) is 25.9 Å². The van der Waals surface area contributed by atoms with E-state index < -0.39 is 5.97 Å². The Kier molecular flexibility index (Phi) is 4.04. The lowest BCUT2D eigenvalue weighted by Gasteiger charge is -2.23. The molecule has 0 bridgehead atoms. The summed E-state index contributed by atoms with van der Waals surface area (Å²) < 4.78 is 5.63. The third-order valence-electron chi connectivity index (χ3n) is 3.17. The maximum absolute atomic E-state index is 11.1. The van der Waals surface area contributed by atoms with Gasteiger partial charge in [-0.2, -0.15) is 0 Å². The van der Waals surface area contributed by atoms with Crippen LogP contribution in [0.5, 0.6) is 5.75 Å². The van der Waals surface area contributed by atoms with Crippen molar-refractivity contribution in [3.05, 3.63) is 23.8 Å². The summed E-state index contributed by atoms with van der Waals surface area (Å²) in [6.07, 6.45) is 2.13. The number of aromatic carboxylic acids is 1. The van der Waals surface area contributed by atoms with Crippen LogP contribution in [0.1, 0.15) is 23.2 Å². The van der Waals surface area contributed by atoms with Gasteiger partial charge in [-0.1, -0.05) is 0 Å². The van der Waals surface area contributed by atoms with Gasteiger partial charge in [-0.3, -0.25) is 0 Å². The van der Waals surface area contributed by atoms with Crippen LogP contribution in [0.4, 0.5) is 5.69 Å². The number of benzene rings is 1. The van der Waals surface area contributed by atoms with E-state index in [4.69, 9.17) is 15.6 Å². The predicted molar refractivity (Wildman–Crippen MR) is 68.9 cm³/mol. The van der Waals surface area contributed by atoms with Crippen molar-refractivity contribution in [2.45, 2.75) is 12.8 Å². The summed E-state index contributed by atoms with van der Waals surface area (Å²) in [6.45, 7) is 2.56. The summed E-state index contributed by atoms with van der Waals surface area (Å²) in [5.41, 5.74) is 6.14. The van der Waals surface area contributed by atoms with Gasteiger partial charge in [0.15, 0.2) is 0 Å². The number of nitrogens with one attached hydrogen (secondary N) is 1. The molecule has 1 aliphatic rings. The number of piperidine rings is 1. The van der Waals surface area contributed by atoms with Crippen LogP contribution in [0.2, 0.25) is 0 Å². The van der Waals surface area contributed by atoms with Crippen LogP contribution in [-0.2, 0) is 0 Å². The normalized spacial score (nSPS) is 16.4. The highest BCUT2D eigenvalue weighted by atomic mass is 16.5. The molecule has 0 aliphatic carbocycles. The summed E-state index contributed by atoms with van der Waals surface area (Å²) in [7, 11) is 0. The second kappa shape index (κ2) is 5.73. The van der Waals surface area contributed by atoms with Crippen molar-refractivity contribution < 1.29 is 14.6 Å². The Morgan fingerprint density at radius 1 is 1.44 bits per heavy atom. The Balaban J connectivity index is 2.01. The van der Waals surface area contributed by atoms with Gasteiger partial charge in [0, 0.05) is 5.69 Å². The molecule has 1 aliphatic heterocycles. The van der Waals surface area contributed by atoms with Crippen LogP contribution in [0, 0.1) is 5.92 Å². The molecular weight excluding hydrogens is 232 g/mol. The Labute approximate surface area is 106 Å². The van der Waals surface area contributed by atoms with Crippen molar-refractivity contribution >= 4 is 11.7 Å². The number of hydrogen-bond acceptors (Lipinski definition) is 4. The molecule has 1 fully saturated rings. The number of carbonyl (C=O) groups is 1. The number of carboxylic acid groups (broad SMARTS) is 1. The molecule has 0 atom stereocenters. The summed E-state index contributed by atoms with van der Waals surface area (Å²) >= 11 is 0. The van der Waals surface area contributed by atoms with Gasteiger partial charge in [-0.15, -0.1) is 0 Å². The standard InChI is InChI=1S/C13H18N2O3/c14-10-1-2-12(11(7-10)13(16)17)18-8-9-3-5-15-6-4-9/h1-2,7,9,15H,3-6,8,14H2,(H,16,17). The van der Waals surface area contributed by atoms with E-state index in [0.29, 0.717) is 24.0 Å². The highest BCUT2D eigenvalue weighted by molar-refractivity contribution is 5.92. The van der Waals surface area contributed by atoms with Crippen molar-refractivity contribution in [1.82, 2.24) is 5.32 Å². The number of rotatable bonds is 4. The molecule has 0 spiro atoms. The molecule has 5 nitrogen and oxygen atoms in total. The van der Waals surface area contributed by atoms with Gasteiger partial charge in [-0.25, -0.2) is 4.79 Å². The number of hydrogen-bond donors (Lipinski definition) is 3. The second-order valence-corrected chi connectivity index (χ2v) is 4.57. The van der Waals surface area contributed by atoms with E-state index in [1.54, 1.807) is 12.1 Å². The fourth-order valence-electron chi connectivity index (χ4n) is 2.10. The first kappa shape index (κ1) is 12.7. The quantitative estimate of drug-likeness (QED) is 0.702. The van der Waals surface area contributed by atoms with Gasteiger partial charge in [0.1, 0.15) is 11.3 Å². The van der Waals surface area contributed by atoms with E-state index in [-0.39, 0.29) is 5.56 Å². The van der Waals surface area contributed by atoms with Crippen molar-refractivity contribution in [1.29, 1.82) is 0 Å². The van der Waals surface area contributed by atoms with Crippen molar-refractivity contribution in [3.8, 4) is 5.75 Å². The van der Waals surface area contributed by atoms with Crippen LogP contribution in [-0.4, -0.2) is 30.8 Å². The first-order chi connectivity index (χ1) is 8.66. The van der Waals surface area contributed by atoms with Crippen LogP contribution < -0.4 is 15.8 Å². The molecule has 0 aromatic heterocycles. The highest BCUT2D eigenvalue weighted by Gasteiger charge is 2.16. The Hall–Kier alpha value is -1.75. The molecule has 0 unspecified atom stereocenters. The van der Waals surface area contributed by atoms with E-state index >= 15 is 0 Å². The predicted octanol–water partition coefficient (Wildman–Crippen LogP) is 1.35. The topological polar surface area (TPSA) is 84.6 Å². The third-order valence-corrected chi connectivity index (χ3v) is 3.17. The SMILES string of the molecule is Nc1ccc(OCC2CCNCC2)c(C(=O)O)c1. The number of anilines is 1. The minimum Gasteiger partial charge on any atom is -0.492 e. The van der Waals surface area contributed by atoms with Gasteiger partial charge in [-0.05, 0) is 50.0 Å². The zero-order valence-electron chi connectivity index (χ0n) is 10.2. The molecule has 4 N–H and O–H groups in total. The van der Waals surface area contributed by atoms with Gasteiger partial charge in [0.2, 0.25) is 0 Å². The molecular formula is C13H18N2O3. The van der Waals surface area contributed by atoms with Crippen LogP contribution in [0.25, 0.3) is 0 Å². The van der Waals surface area contributed by atoms with E-state index in [1.807, 2.05) is 0 Å². The molecule has 1 saturated heterocycles. The fraction of sp³-hybridized carbons (Fsp3) is 0.462. The van der Waals surface area contributed by atoms with E-state index in [2.05, 4.69) is 5.32 Å². The smallest absolute Gasteiger partial charge is 0.339 e. The second-order valence-electron chi connectivity index (χ2n) is 4.57. The Morgan fingerprint density at radius 2 is 2.17 bits per heavy atom. The van der Waals surface area contributed by atoms with Gasteiger partial charge in [0.05, 0.1) is 6.61 Å². The average Bonchev–Trinajstić information content (AvgIpc) is 2.38. The maximum Gasteiger partial charge on any atom is 0.339 e. The van der Waals surface area contributed by atoms with Crippen LogP contribution in [0.3, 0.4) is 0 Å². The van der Waals surface area contributed by atoms with E-state index in [1.165, 1.54) is 6.07 Å². The summed E-state index contributed by atoms with van der Waals surface area (Å²) in [5.74, 6) is -0.122. The molecule has 0 radical (unpaired) electrons. The molecule has 1 aromatic rings. The average molecular weight is 250 g/mol. The highest BCUT2D eigenvalue weighted by Crippen LogP contribution is 2.23. The number of ether oxygens (including phenoxy) is 1. The van der Waals surface area contributed by atoms with Gasteiger partial charge < -0.3 is 20.9 Å². The molecule has 98 valence electrons. The Morgan fingerprint density at radius 3 is 2.83 bits per heavy atom. The Bertz CT molecular complexity index is 428. The minimum absolute atomic E-state index is 0.129. The molecule has 1 aromatic carbocycles. The summed E-state index contributed by atoms with van der Waals surface area (Å²) in [6, 6.07) is 4.71. The first-order valence-corrected chi connectivity index (χ1v) is 6.13. The summed E-state index contributed by atoms with van der Waals surface area (Å²) in [5, 5.41) is 12.4. The van der Waals surface area contributed by atoms with E-state index in [9.17, 15) is 4.79 Å². The first-order valence-electron chi connectivity index (χ1n) is 6.13. The number of nitrogens with two attached hydrogens (primary N) is 1. The zero-order valence-corrected chi connectivity index (χ0v) is 10.2. The number of carboxylic acids is 1. The van der Waals surface area contributed by atoms with Crippen molar-refractivity contribution in [3.63, 3.8) is 0 Å². The largest absolute Gasteiger partial charge is 0.492 e. The molecule has 5 heteroatoms. The number of nitrogen functional groups attached to an aromatic ring is 1. The molecule has 18 heavy (non-hydrogen) atoms. The minimum atomic E-state index is -1.01. The van der Waals surface area contributed by atoms with Crippen molar-refractivity contribution in [2.75, 3.05) is 25.4 Å². The van der Waals surface area contributed by atoms with Crippen molar-refractivity contribution in [2.24, 2.45) is 5.92 Å². The molecule has 0 amide bonds. The third kappa shape index (κ3) is 3.13. The molecule has 1 heterocycles. The zero-order chi connectivity index (χ0) is 13.0. The summed E-state index contributed by atoms with van der Waals surface area (Å²) in [4.78, 5) is 11.1. The lowest BCUT2D eigenvalue weighted by Crippen LogP contribution is -2.30. The lowest BCUT2D eigenvalue weighted by atomic mass is 9.99. The maximum atomic E-state index is 11.1. The van der Waals surface area contributed by atoms with Crippen LogP contribution >= 0.6 is 0 Å². The fourth-order valence-corrected chi connectivity index (χ4v) is 2.10. The van der Waals surface area contributed by atoms with Gasteiger partial charge in [0.25, 0.3) is 0 Å². The van der Waals surface area contributed by atoms with Crippen LogP contribution in [0.15, 0.2) is 18.2 Å². The molecule has 0 saturated carbocycles. The lowest BCUT2D eigenvalue weighted by molar-refractivity contribution is 0.0691. The molecule has 2 rings (SSSR count). The van der Waals surface area contributed by atoms with Gasteiger partial charge >= 0.3 is 5.97 Å². The monoisotopic (exact) mass is 250 g/mol.